The molecule has 1 saturated heterocycles. The van der Waals surface area contributed by atoms with Crippen molar-refractivity contribution in [1.82, 2.24) is 10.2 Å². The largest absolute Gasteiger partial charge is 0.383 e. The van der Waals surface area contributed by atoms with Gasteiger partial charge in [0.25, 0.3) is 0 Å². The molecule has 0 spiro atoms. The lowest BCUT2D eigenvalue weighted by atomic mass is 10.0. The Kier molecular flexibility index (Phi) is 3.46. The van der Waals surface area contributed by atoms with Crippen molar-refractivity contribution >= 4 is 11.9 Å². The number of hydrogen-bond donors (Lipinski definition) is 1. The number of urea groups is 1. The van der Waals surface area contributed by atoms with E-state index in [0.29, 0.717) is 6.61 Å². The molecule has 5 heteroatoms. The van der Waals surface area contributed by atoms with E-state index in [2.05, 4.69) is 5.32 Å². The van der Waals surface area contributed by atoms with Gasteiger partial charge in [0, 0.05) is 7.11 Å². The maximum atomic E-state index is 11.4. The van der Waals surface area contributed by atoms with Crippen molar-refractivity contribution < 1.29 is 14.3 Å². The Bertz CT molecular complexity index is 224. The van der Waals surface area contributed by atoms with Crippen LogP contribution in [0.4, 0.5) is 4.79 Å². The molecule has 1 aliphatic rings. The Balaban J connectivity index is 2.75. The summed E-state index contributed by atoms with van der Waals surface area (Å²) >= 11 is 0. The summed E-state index contributed by atoms with van der Waals surface area (Å²) in [5, 5.41) is 2.50. The molecular formula is C9H16N2O3. The van der Waals surface area contributed by atoms with Gasteiger partial charge in [0.1, 0.15) is 0 Å². The van der Waals surface area contributed by atoms with Crippen LogP contribution in [0.15, 0.2) is 0 Å². The SMILES string of the molecule is COCC(C(C)C)N1C(=O)CNC1=O. The second-order valence-electron chi connectivity index (χ2n) is 3.69. The van der Waals surface area contributed by atoms with E-state index in [4.69, 9.17) is 4.74 Å². The molecule has 0 aromatic heterocycles. The minimum Gasteiger partial charge on any atom is -0.383 e. The Morgan fingerprint density at radius 1 is 1.50 bits per heavy atom. The highest BCUT2D eigenvalue weighted by molar-refractivity contribution is 6.02. The summed E-state index contributed by atoms with van der Waals surface area (Å²) in [6.45, 7) is 4.41. The zero-order valence-corrected chi connectivity index (χ0v) is 8.74. The lowest BCUT2D eigenvalue weighted by Crippen LogP contribution is -2.46. The predicted molar refractivity (Wildman–Crippen MR) is 50.7 cm³/mol. The van der Waals surface area contributed by atoms with E-state index in [9.17, 15) is 9.59 Å². The van der Waals surface area contributed by atoms with Crippen LogP contribution in [-0.2, 0) is 9.53 Å². The lowest BCUT2D eigenvalue weighted by molar-refractivity contribution is -0.128. The number of nitrogens with zero attached hydrogens (tertiary/aromatic N) is 1. The third-order valence-corrected chi connectivity index (χ3v) is 2.32. The van der Waals surface area contributed by atoms with Crippen LogP contribution >= 0.6 is 0 Å². The summed E-state index contributed by atoms with van der Waals surface area (Å²) in [5.74, 6) is 0.0218. The molecule has 3 amide bonds. The van der Waals surface area contributed by atoms with Gasteiger partial charge >= 0.3 is 6.03 Å². The van der Waals surface area contributed by atoms with Gasteiger partial charge in [0.15, 0.2) is 0 Å². The van der Waals surface area contributed by atoms with Crippen molar-refractivity contribution in [3.05, 3.63) is 0 Å². The fraction of sp³-hybridized carbons (Fsp3) is 0.778. The van der Waals surface area contributed by atoms with Gasteiger partial charge in [-0.25, -0.2) is 4.79 Å². The fourth-order valence-electron chi connectivity index (χ4n) is 1.51. The van der Waals surface area contributed by atoms with Crippen molar-refractivity contribution in [2.75, 3.05) is 20.3 Å². The molecule has 0 radical (unpaired) electrons. The van der Waals surface area contributed by atoms with Crippen LogP contribution in [0.25, 0.3) is 0 Å². The number of rotatable bonds is 4. The normalized spacial score (nSPS) is 19.0. The Morgan fingerprint density at radius 3 is 2.50 bits per heavy atom. The highest BCUT2D eigenvalue weighted by atomic mass is 16.5. The van der Waals surface area contributed by atoms with E-state index in [1.54, 1.807) is 7.11 Å². The molecule has 14 heavy (non-hydrogen) atoms. The second kappa shape index (κ2) is 4.41. The molecule has 1 unspecified atom stereocenters. The quantitative estimate of drug-likeness (QED) is 0.660. The van der Waals surface area contributed by atoms with Crippen LogP contribution in [0.1, 0.15) is 13.8 Å². The van der Waals surface area contributed by atoms with Crippen molar-refractivity contribution in [3.8, 4) is 0 Å². The van der Waals surface area contributed by atoms with E-state index in [0.717, 1.165) is 0 Å². The van der Waals surface area contributed by atoms with Crippen LogP contribution in [0.3, 0.4) is 0 Å². The van der Waals surface area contributed by atoms with Gasteiger partial charge in [0.05, 0.1) is 19.2 Å². The lowest BCUT2D eigenvalue weighted by Gasteiger charge is -2.27. The molecule has 1 fully saturated rings. The van der Waals surface area contributed by atoms with Crippen LogP contribution in [0.5, 0.6) is 0 Å². The number of methoxy groups -OCH3 is 1. The molecule has 80 valence electrons. The summed E-state index contributed by atoms with van der Waals surface area (Å²) in [6, 6.07) is -0.485. The third-order valence-electron chi connectivity index (χ3n) is 2.32. The number of ether oxygens (including phenoxy) is 1. The molecule has 1 N–H and O–H groups in total. The first-order valence-corrected chi connectivity index (χ1v) is 4.66. The first-order chi connectivity index (χ1) is 6.57. The van der Waals surface area contributed by atoms with Gasteiger partial charge in [-0.15, -0.1) is 0 Å². The van der Waals surface area contributed by atoms with Gasteiger partial charge in [-0.3, -0.25) is 9.69 Å². The highest BCUT2D eigenvalue weighted by Gasteiger charge is 2.36. The number of amides is 3. The Hall–Kier alpha value is -1.10. The van der Waals surface area contributed by atoms with Crippen molar-refractivity contribution in [3.63, 3.8) is 0 Å². The van der Waals surface area contributed by atoms with Crippen molar-refractivity contribution in [1.29, 1.82) is 0 Å². The maximum absolute atomic E-state index is 11.4. The van der Waals surface area contributed by atoms with Crippen LogP contribution < -0.4 is 5.32 Å². The molecule has 0 saturated carbocycles. The summed E-state index contributed by atoms with van der Waals surface area (Å²) in [6.07, 6.45) is 0. The van der Waals surface area contributed by atoms with Crippen LogP contribution in [0, 0.1) is 5.92 Å². The number of nitrogens with one attached hydrogen (secondary N) is 1. The summed E-state index contributed by atoms with van der Waals surface area (Å²) in [5.41, 5.74) is 0. The van der Waals surface area contributed by atoms with Gasteiger partial charge < -0.3 is 10.1 Å². The van der Waals surface area contributed by atoms with Crippen LogP contribution in [-0.4, -0.2) is 43.1 Å². The summed E-state index contributed by atoms with van der Waals surface area (Å²) < 4.78 is 5.00. The minimum absolute atomic E-state index is 0.103. The molecule has 0 aromatic rings. The van der Waals surface area contributed by atoms with E-state index in [1.165, 1.54) is 4.90 Å². The minimum atomic E-state index is -0.314. The highest BCUT2D eigenvalue weighted by Crippen LogP contribution is 2.14. The van der Waals surface area contributed by atoms with E-state index in [-0.39, 0.29) is 30.4 Å². The smallest absolute Gasteiger partial charge is 0.324 e. The summed E-state index contributed by atoms with van der Waals surface area (Å²) in [7, 11) is 1.56. The average molecular weight is 200 g/mol. The molecule has 1 aliphatic heterocycles. The van der Waals surface area contributed by atoms with Gasteiger partial charge in [-0.2, -0.15) is 0 Å². The van der Waals surface area contributed by atoms with Gasteiger partial charge in [-0.1, -0.05) is 13.8 Å². The molecule has 0 bridgehead atoms. The molecule has 1 rings (SSSR count). The molecule has 1 atom stereocenters. The van der Waals surface area contributed by atoms with E-state index in [1.807, 2.05) is 13.8 Å². The standard InChI is InChI=1S/C9H16N2O3/c1-6(2)7(5-14-3)11-8(12)4-10-9(11)13/h6-7H,4-5H2,1-3H3,(H,10,13). The topological polar surface area (TPSA) is 58.6 Å². The van der Waals surface area contributed by atoms with Gasteiger partial charge in [-0.05, 0) is 5.92 Å². The number of carbonyl (C=O) groups excluding carboxylic acids is 2. The van der Waals surface area contributed by atoms with Crippen molar-refractivity contribution in [2.24, 2.45) is 5.92 Å². The number of carbonyl (C=O) groups is 2. The molecule has 0 aromatic carbocycles. The molecular weight excluding hydrogens is 184 g/mol. The third kappa shape index (κ3) is 2.04. The fourth-order valence-corrected chi connectivity index (χ4v) is 1.51. The second-order valence-corrected chi connectivity index (χ2v) is 3.69. The Morgan fingerprint density at radius 2 is 2.14 bits per heavy atom. The molecule has 1 heterocycles. The maximum Gasteiger partial charge on any atom is 0.324 e. The predicted octanol–water partition coefficient (Wildman–Crippen LogP) is 0.209. The first-order valence-electron chi connectivity index (χ1n) is 4.66. The van der Waals surface area contributed by atoms with Gasteiger partial charge in [0.2, 0.25) is 5.91 Å². The zero-order chi connectivity index (χ0) is 10.7. The van der Waals surface area contributed by atoms with Crippen LogP contribution in [0.2, 0.25) is 0 Å². The number of hydrogen-bond acceptors (Lipinski definition) is 3. The molecule has 0 aliphatic carbocycles. The average Bonchev–Trinajstić information content (AvgIpc) is 2.43. The van der Waals surface area contributed by atoms with E-state index < -0.39 is 0 Å². The monoisotopic (exact) mass is 200 g/mol. The van der Waals surface area contributed by atoms with E-state index >= 15 is 0 Å². The summed E-state index contributed by atoms with van der Waals surface area (Å²) in [4.78, 5) is 24.0. The number of imide groups is 1. The molecule has 5 nitrogen and oxygen atoms in total. The van der Waals surface area contributed by atoms with Crippen molar-refractivity contribution in [2.45, 2.75) is 19.9 Å². The first kappa shape index (κ1) is 11.0. The Labute approximate surface area is 83.4 Å². The zero-order valence-electron chi connectivity index (χ0n) is 8.74.